The summed E-state index contributed by atoms with van der Waals surface area (Å²) in [5.41, 5.74) is 3.00. The first kappa shape index (κ1) is 13.0. The van der Waals surface area contributed by atoms with Gasteiger partial charge in [-0.25, -0.2) is 0 Å². The molecule has 1 heterocycles. The van der Waals surface area contributed by atoms with Crippen LogP contribution in [0.15, 0.2) is 24.3 Å². The number of nitrogens with one attached hydrogen (secondary N) is 1. The number of para-hydroxylation sites is 1. The largest absolute Gasteiger partial charge is 0.367 e. The molecule has 2 unspecified atom stereocenters. The van der Waals surface area contributed by atoms with Crippen LogP contribution in [-0.2, 0) is 6.42 Å². The zero-order valence-corrected chi connectivity index (χ0v) is 12.2. The van der Waals surface area contributed by atoms with Crippen molar-refractivity contribution in [1.29, 1.82) is 0 Å². The molecule has 3 rings (SSSR count). The predicted octanol–water partition coefficient (Wildman–Crippen LogP) is 3.22. The van der Waals surface area contributed by atoms with Gasteiger partial charge < -0.3 is 10.2 Å². The number of anilines is 1. The van der Waals surface area contributed by atoms with Gasteiger partial charge in [0.15, 0.2) is 0 Å². The number of rotatable bonds is 6. The summed E-state index contributed by atoms with van der Waals surface area (Å²) in [4.78, 5) is 2.63. The van der Waals surface area contributed by atoms with E-state index in [1.54, 1.807) is 0 Å². The smallest absolute Gasteiger partial charge is 0.0402 e. The molecule has 0 spiro atoms. The van der Waals surface area contributed by atoms with Gasteiger partial charge in [0.1, 0.15) is 0 Å². The van der Waals surface area contributed by atoms with E-state index in [-0.39, 0.29) is 0 Å². The Morgan fingerprint density at radius 3 is 2.84 bits per heavy atom. The Morgan fingerprint density at radius 2 is 2.11 bits per heavy atom. The third-order valence-corrected chi connectivity index (χ3v) is 4.59. The molecule has 1 aliphatic carbocycles. The second-order valence-electron chi connectivity index (χ2n) is 6.23. The molecule has 0 bridgehead atoms. The first-order chi connectivity index (χ1) is 9.29. The first-order valence-corrected chi connectivity index (χ1v) is 7.87. The highest BCUT2D eigenvalue weighted by molar-refractivity contribution is 5.59. The molecule has 1 N–H and O–H groups in total. The predicted molar refractivity (Wildman–Crippen MR) is 81.8 cm³/mol. The summed E-state index contributed by atoms with van der Waals surface area (Å²) in [6.45, 7) is 6.96. The Bertz CT molecular complexity index is 425. The molecule has 0 saturated heterocycles. The van der Waals surface area contributed by atoms with E-state index in [2.05, 4.69) is 48.3 Å². The maximum atomic E-state index is 3.77. The minimum absolute atomic E-state index is 0.655. The Kier molecular flexibility index (Phi) is 3.79. The summed E-state index contributed by atoms with van der Waals surface area (Å²) in [6, 6.07) is 10.3. The summed E-state index contributed by atoms with van der Waals surface area (Å²) in [5, 5.41) is 3.77. The highest BCUT2D eigenvalue weighted by atomic mass is 15.2. The molecule has 0 amide bonds. The van der Waals surface area contributed by atoms with Crippen molar-refractivity contribution in [2.24, 2.45) is 5.92 Å². The van der Waals surface area contributed by atoms with Crippen molar-refractivity contribution in [3.8, 4) is 0 Å². The van der Waals surface area contributed by atoms with E-state index in [0.717, 1.165) is 12.5 Å². The maximum absolute atomic E-state index is 3.77. The number of nitrogens with zero attached hydrogens (tertiary/aromatic N) is 1. The van der Waals surface area contributed by atoms with Crippen LogP contribution >= 0.6 is 0 Å². The van der Waals surface area contributed by atoms with Crippen LogP contribution in [0, 0.1) is 5.92 Å². The second-order valence-corrected chi connectivity index (χ2v) is 6.23. The molecular weight excluding hydrogens is 232 g/mol. The van der Waals surface area contributed by atoms with Crippen LogP contribution in [-0.4, -0.2) is 25.2 Å². The molecular formula is C17H26N2. The minimum Gasteiger partial charge on any atom is -0.367 e. The van der Waals surface area contributed by atoms with Crippen LogP contribution in [0.2, 0.25) is 0 Å². The van der Waals surface area contributed by atoms with Crippen LogP contribution in [0.5, 0.6) is 0 Å². The normalized spacial score (nSPS) is 23.5. The lowest BCUT2D eigenvalue weighted by molar-refractivity contribution is 0.447. The van der Waals surface area contributed by atoms with Crippen molar-refractivity contribution in [3.05, 3.63) is 29.8 Å². The molecule has 2 nitrogen and oxygen atoms in total. The Balaban J connectivity index is 1.70. The number of hydrogen-bond donors (Lipinski definition) is 1. The fraction of sp³-hybridized carbons (Fsp3) is 0.647. The topological polar surface area (TPSA) is 15.3 Å². The Hall–Kier alpha value is -1.02. The summed E-state index contributed by atoms with van der Waals surface area (Å²) >= 11 is 0. The summed E-state index contributed by atoms with van der Waals surface area (Å²) < 4.78 is 0. The second kappa shape index (κ2) is 5.54. The standard InChI is InChI=1S/C17H26N2/c1-3-10-18-16(14-8-9-14)12-19-13(2)11-15-6-4-5-7-17(15)19/h4-7,13-14,16,18H,3,8-12H2,1-2H3. The number of benzene rings is 1. The van der Waals surface area contributed by atoms with Gasteiger partial charge >= 0.3 is 0 Å². The fourth-order valence-electron chi connectivity index (χ4n) is 3.33. The van der Waals surface area contributed by atoms with Crippen molar-refractivity contribution < 1.29 is 0 Å². The lowest BCUT2D eigenvalue weighted by atomic mass is 10.1. The maximum Gasteiger partial charge on any atom is 0.0402 e. The molecule has 1 aliphatic heterocycles. The molecule has 2 heteroatoms. The van der Waals surface area contributed by atoms with E-state index in [4.69, 9.17) is 0 Å². The van der Waals surface area contributed by atoms with Crippen LogP contribution in [0.4, 0.5) is 5.69 Å². The van der Waals surface area contributed by atoms with Gasteiger partial charge in [0.25, 0.3) is 0 Å². The van der Waals surface area contributed by atoms with Gasteiger partial charge in [-0.05, 0) is 56.7 Å². The van der Waals surface area contributed by atoms with E-state index in [1.807, 2.05) is 0 Å². The number of fused-ring (bicyclic) bond motifs is 1. The number of hydrogen-bond acceptors (Lipinski definition) is 2. The van der Waals surface area contributed by atoms with Gasteiger partial charge in [-0.2, -0.15) is 0 Å². The average Bonchev–Trinajstić information content (AvgIpc) is 3.20. The van der Waals surface area contributed by atoms with Gasteiger partial charge in [0, 0.05) is 24.3 Å². The van der Waals surface area contributed by atoms with Gasteiger partial charge in [-0.1, -0.05) is 25.1 Å². The van der Waals surface area contributed by atoms with Crippen molar-refractivity contribution in [2.45, 2.75) is 51.6 Å². The highest BCUT2D eigenvalue weighted by Gasteiger charge is 2.35. The molecule has 1 saturated carbocycles. The highest BCUT2D eigenvalue weighted by Crippen LogP contribution is 2.36. The van der Waals surface area contributed by atoms with Gasteiger partial charge in [0.05, 0.1) is 0 Å². The molecule has 2 atom stereocenters. The van der Waals surface area contributed by atoms with Crippen LogP contribution in [0.25, 0.3) is 0 Å². The van der Waals surface area contributed by atoms with Crippen LogP contribution < -0.4 is 10.2 Å². The van der Waals surface area contributed by atoms with Crippen molar-refractivity contribution >= 4 is 5.69 Å². The SMILES string of the molecule is CCCNC(CN1c2ccccc2CC1C)C1CC1. The van der Waals surface area contributed by atoms with Gasteiger partial charge in [0.2, 0.25) is 0 Å². The monoisotopic (exact) mass is 258 g/mol. The lowest BCUT2D eigenvalue weighted by Gasteiger charge is -2.30. The van der Waals surface area contributed by atoms with Gasteiger partial charge in [-0.3, -0.25) is 0 Å². The van der Waals surface area contributed by atoms with Crippen LogP contribution in [0.3, 0.4) is 0 Å². The van der Waals surface area contributed by atoms with Crippen molar-refractivity contribution in [1.82, 2.24) is 5.32 Å². The third-order valence-electron chi connectivity index (χ3n) is 4.59. The zero-order chi connectivity index (χ0) is 13.2. The minimum atomic E-state index is 0.655. The quantitative estimate of drug-likeness (QED) is 0.843. The summed E-state index contributed by atoms with van der Waals surface area (Å²) in [6.07, 6.45) is 5.28. The van der Waals surface area contributed by atoms with Crippen molar-refractivity contribution in [2.75, 3.05) is 18.0 Å². The Morgan fingerprint density at radius 1 is 1.32 bits per heavy atom. The fourth-order valence-corrected chi connectivity index (χ4v) is 3.33. The molecule has 2 aliphatic rings. The third kappa shape index (κ3) is 2.79. The van der Waals surface area contributed by atoms with E-state index in [9.17, 15) is 0 Å². The van der Waals surface area contributed by atoms with E-state index >= 15 is 0 Å². The molecule has 19 heavy (non-hydrogen) atoms. The van der Waals surface area contributed by atoms with E-state index in [0.29, 0.717) is 12.1 Å². The molecule has 0 aromatic heterocycles. The molecule has 1 aromatic rings. The van der Waals surface area contributed by atoms with Crippen molar-refractivity contribution in [3.63, 3.8) is 0 Å². The average molecular weight is 258 g/mol. The zero-order valence-electron chi connectivity index (χ0n) is 12.2. The summed E-state index contributed by atoms with van der Waals surface area (Å²) in [5.74, 6) is 0.923. The molecule has 1 aromatic carbocycles. The van der Waals surface area contributed by atoms with Gasteiger partial charge in [-0.15, -0.1) is 0 Å². The summed E-state index contributed by atoms with van der Waals surface area (Å²) in [7, 11) is 0. The van der Waals surface area contributed by atoms with E-state index < -0.39 is 0 Å². The molecule has 104 valence electrons. The van der Waals surface area contributed by atoms with Crippen LogP contribution in [0.1, 0.15) is 38.7 Å². The molecule has 0 radical (unpaired) electrons. The van der Waals surface area contributed by atoms with E-state index in [1.165, 1.54) is 43.5 Å². The Labute approximate surface area is 117 Å². The molecule has 1 fully saturated rings. The lowest BCUT2D eigenvalue weighted by Crippen LogP contribution is -2.45. The first-order valence-electron chi connectivity index (χ1n) is 7.87.